The molecule has 0 amide bonds. The van der Waals surface area contributed by atoms with E-state index in [1.165, 1.54) is 25.7 Å². The van der Waals surface area contributed by atoms with Crippen molar-refractivity contribution >= 4 is 5.97 Å². The summed E-state index contributed by atoms with van der Waals surface area (Å²) >= 11 is 0. The Kier molecular flexibility index (Phi) is 11.3. The van der Waals surface area contributed by atoms with E-state index in [1.807, 2.05) is 6.08 Å². The first-order chi connectivity index (χ1) is 11.7. The number of cyclic esters (lactones) is 1. The molecule has 3 heteroatoms. The van der Waals surface area contributed by atoms with Crippen LogP contribution in [0.2, 0.25) is 0 Å². The Balaban J connectivity index is 1.90. The maximum atomic E-state index is 11.6. The summed E-state index contributed by atoms with van der Waals surface area (Å²) in [5, 5.41) is 9.86. The molecule has 3 atom stereocenters. The summed E-state index contributed by atoms with van der Waals surface area (Å²) < 4.78 is 5.04. The Bertz CT molecular complexity index is 419. The summed E-state index contributed by atoms with van der Waals surface area (Å²) in [5.41, 5.74) is 0. The molecule has 0 spiro atoms. The van der Waals surface area contributed by atoms with Gasteiger partial charge >= 0.3 is 5.97 Å². The molecular formula is C21H34O3. The highest BCUT2D eigenvalue weighted by Gasteiger charge is 2.40. The molecule has 1 aliphatic rings. The molecule has 0 aromatic rings. The van der Waals surface area contributed by atoms with E-state index in [0.717, 1.165) is 51.4 Å². The van der Waals surface area contributed by atoms with Crippen LogP contribution >= 0.6 is 0 Å². The van der Waals surface area contributed by atoms with Crippen LogP contribution < -0.4 is 0 Å². The van der Waals surface area contributed by atoms with Crippen molar-refractivity contribution < 1.29 is 14.6 Å². The van der Waals surface area contributed by atoms with Crippen LogP contribution in [0.25, 0.3) is 0 Å². The number of hydrogen-bond acceptors (Lipinski definition) is 3. The maximum Gasteiger partial charge on any atom is 0.312 e. The zero-order valence-corrected chi connectivity index (χ0v) is 15.3. The molecule has 0 radical (unpaired) electrons. The van der Waals surface area contributed by atoms with Gasteiger partial charge < -0.3 is 9.84 Å². The number of esters is 1. The molecule has 0 bridgehead atoms. The van der Waals surface area contributed by atoms with E-state index in [1.54, 1.807) is 6.92 Å². The summed E-state index contributed by atoms with van der Waals surface area (Å²) in [5.74, 6) is 5.98. The molecule has 0 saturated carbocycles. The summed E-state index contributed by atoms with van der Waals surface area (Å²) in [6.07, 6.45) is 14.2. The van der Waals surface area contributed by atoms with Gasteiger partial charge in [0.1, 0.15) is 12.2 Å². The highest BCUT2D eigenvalue weighted by molar-refractivity contribution is 5.75. The van der Waals surface area contributed by atoms with Crippen LogP contribution in [0.1, 0.15) is 84.0 Å². The number of aliphatic hydroxyl groups excluding tert-OH is 1. The maximum absolute atomic E-state index is 11.6. The van der Waals surface area contributed by atoms with Crippen LogP contribution in [0, 0.1) is 17.8 Å². The van der Waals surface area contributed by atoms with Crippen LogP contribution in [0.3, 0.4) is 0 Å². The van der Waals surface area contributed by atoms with Crippen molar-refractivity contribution in [1.82, 2.24) is 0 Å². The number of ether oxygens (including phenoxy) is 1. The first kappa shape index (κ1) is 20.8. The SMILES string of the molecule is C=CCCCCCCC#CCCCCCC[C@@H]1C(=O)O[C@H](C)[C@@H]1O. The normalized spacial score (nSPS) is 22.8. The molecule has 0 aromatic heterocycles. The van der Waals surface area contributed by atoms with E-state index in [2.05, 4.69) is 18.4 Å². The van der Waals surface area contributed by atoms with Crippen molar-refractivity contribution in [3.05, 3.63) is 12.7 Å². The number of unbranched alkanes of at least 4 members (excludes halogenated alkanes) is 9. The third-order valence-electron chi connectivity index (χ3n) is 4.65. The third-order valence-corrected chi connectivity index (χ3v) is 4.65. The smallest absolute Gasteiger partial charge is 0.312 e. The Labute approximate surface area is 147 Å². The van der Waals surface area contributed by atoms with Gasteiger partial charge in [-0.1, -0.05) is 38.2 Å². The Hall–Kier alpha value is -1.27. The molecule has 24 heavy (non-hydrogen) atoms. The highest BCUT2D eigenvalue weighted by atomic mass is 16.6. The highest BCUT2D eigenvalue weighted by Crippen LogP contribution is 2.26. The first-order valence-electron chi connectivity index (χ1n) is 9.62. The van der Waals surface area contributed by atoms with Gasteiger partial charge in [-0.05, 0) is 39.0 Å². The predicted molar refractivity (Wildman–Crippen MR) is 98.4 cm³/mol. The van der Waals surface area contributed by atoms with Gasteiger partial charge in [0, 0.05) is 12.8 Å². The van der Waals surface area contributed by atoms with Crippen molar-refractivity contribution in [2.75, 3.05) is 0 Å². The van der Waals surface area contributed by atoms with Crippen molar-refractivity contribution in [1.29, 1.82) is 0 Å². The lowest BCUT2D eigenvalue weighted by molar-refractivity contribution is -0.143. The minimum Gasteiger partial charge on any atom is -0.460 e. The van der Waals surface area contributed by atoms with Crippen LogP contribution in [0.4, 0.5) is 0 Å². The molecule has 1 fully saturated rings. The van der Waals surface area contributed by atoms with Gasteiger partial charge in [-0.2, -0.15) is 0 Å². The van der Waals surface area contributed by atoms with E-state index in [0.29, 0.717) is 0 Å². The van der Waals surface area contributed by atoms with Crippen LogP contribution in [-0.4, -0.2) is 23.3 Å². The van der Waals surface area contributed by atoms with Gasteiger partial charge in [0.15, 0.2) is 0 Å². The van der Waals surface area contributed by atoms with Crippen molar-refractivity contribution in [2.24, 2.45) is 5.92 Å². The molecular weight excluding hydrogens is 300 g/mol. The van der Waals surface area contributed by atoms with E-state index in [-0.39, 0.29) is 18.0 Å². The second-order valence-electron chi connectivity index (χ2n) is 6.79. The van der Waals surface area contributed by atoms with Crippen LogP contribution in [0.15, 0.2) is 12.7 Å². The van der Waals surface area contributed by atoms with Crippen molar-refractivity contribution in [2.45, 2.75) is 96.2 Å². The monoisotopic (exact) mass is 334 g/mol. The van der Waals surface area contributed by atoms with E-state index in [9.17, 15) is 9.90 Å². The second-order valence-corrected chi connectivity index (χ2v) is 6.79. The van der Waals surface area contributed by atoms with Crippen LogP contribution in [-0.2, 0) is 9.53 Å². The second kappa shape index (κ2) is 13.1. The van der Waals surface area contributed by atoms with Crippen molar-refractivity contribution in [3.63, 3.8) is 0 Å². The molecule has 0 aromatic carbocycles. The number of rotatable bonds is 12. The first-order valence-corrected chi connectivity index (χ1v) is 9.62. The number of hydrogen-bond donors (Lipinski definition) is 1. The standard InChI is InChI=1S/C21H34O3/c1-3-4-5-6-7-8-9-10-11-12-13-14-15-16-17-19-20(22)18(2)24-21(19)23/h3,18-20,22H,1,4-9,12-17H2,2H3/t18-,19+,20+/m1/s1. The number of allylic oxidation sites excluding steroid dienone is 1. The van der Waals surface area contributed by atoms with Gasteiger partial charge in [-0.25, -0.2) is 0 Å². The van der Waals surface area contributed by atoms with Gasteiger partial charge in [-0.15, -0.1) is 18.4 Å². The number of carbonyl (C=O) groups is 1. The molecule has 1 heterocycles. The summed E-state index contributed by atoms with van der Waals surface area (Å²) in [6, 6.07) is 0. The van der Waals surface area contributed by atoms with E-state index in [4.69, 9.17) is 4.74 Å². The molecule has 1 rings (SSSR count). The summed E-state index contributed by atoms with van der Waals surface area (Å²) in [4.78, 5) is 11.6. The lowest BCUT2D eigenvalue weighted by Gasteiger charge is -2.11. The quantitative estimate of drug-likeness (QED) is 0.242. The molecule has 0 aliphatic carbocycles. The molecule has 1 N–H and O–H groups in total. The molecule has 1 aliphatic heterocycles. The summed E-state index contributed by atoms with van der Waals surface area (Å²) in [6.45, 7) is 5.48. The molecule has 136 valence electrons. The zero-order chi connectivity index (χ0) is 17.6. The van der Waals surface area contributed by atoms with Gasteiger partial charge in [0.2, 0.25) is 0 Å². The third kappa shape index (κ3) is 8.55. The largest absolute Gasteiger partial charge is 0.460 e. The van der Waals surface area contributed by atoms with Crippen LogP contribution in [0.5, 0.6) is 0 Å². The minimum atomic E-state index is -0.625. The lowest BCUT2D eigenvalue weighted by atomic mass is 9.95. The topological polar surface area (TPSA) is 46.5 Å². The van der Waals surface area contributed by atoms with E-state index >= 15 is 0 Å². The Morgan fingerprint density at radius 1 is 1.04 bits per heavy atom. The lowest BCUT2D eigenvalue weighted by Crippen LogP contribution is -2.24. The zero-order valence-electron chi connectivity index (χ0n) is 15.3. The molecule has 0 unspecified atom stereocenters. The van der Waals surface area contributed by atoms with Crippen molar-refractivity contribution in [3.8, 4) is 11.8 Å². The predicted octanol–water partition coefficient (Wildman–Crippen LogP) is 4.78. The fourth-order valence-corrected chi connectivity index (χ4v) is 3.06. The number of carbonyl (C=O) groups excluding carboxylic acids is 1. The Morgan fingerprint density at radius 2 is 1.62 bits per heavy atom. The average molecular weight is 334 g/mol. The van der Waals surface area contributed by atoms with Gasteiger partial charge in [-0.3, -0.25) is 4.79 Å². The molecule has 3 nitrogen and oxygen atoms in total. The van der Waals surface area contributed by atoms with E-state index < -0.39 is 6.10 Å². The molecule has 1 saturated heterocycles. The average Bonchev–Trinajstić information content (AvgIpc) is 2.81. The van der Waals surface area contributed by atoms with Gasteiger partial charge in [0.05, 0.1) is 5.92 Å². The fraction of sp³-hybridized carbons (Fsp3) is 0.762. The number of aliphatic hydroxyl groups is 1. The summed E-state index contributed by atoms with van der Waals surface area (Å²) in [7, 11) is 0. The fourth-order valence-electron chi connectivity index (χ4n) is 3.06. The van der Waals surface area contributed by atoms with Gasteiger partial charge in [0.25, 0.3) is 0 Å². The Morgan fingerprint density at radius 3 is 2.17 bits per heavy atom. The minimum absolute atomic E-state index is 0.231.